The molecule has 1 aliphatic heterocycles. The second-order valence-corrected chi connectivity index (χ2v) is 5.78. The number of nitrogens with one attached hydrogen (secondary N) is 1. The minimum Gasteiger partial charge on any atom is -0.464 e. The lowest BCUT2D eigenvalue weighted by molar-refractivity contribution is -0.143. The van der Waals surface area contributed by atoms with Gasteiger partial charge in [0.15, 0.2) is 11.6 Å². The van der Waals surface area contributed by atoms with Gasteiger partial charge in [-0.15, -0.1) is 0 Å². The van der Waals surface area contributed by atoms with Crippen LogP contribution >= 0.6 is 0 Å². The van der Waals surface area contributed by atoms with Gasteiger partial charge >= 0.3 is 5.97 Å². The Morgan fingerprint density at radius 2 is 1.75 bits per heavy atom. The van der Waals surface area contributed by atoms with Crippen LogP contribution < -0.4 is 5.32 Å². The zero-order valence-electron chi connectivity index (χ0n) is 12.8. The molecule has 1 heterocycles. The number of cyclic esters (lactones) is 1. The molecule has 0 spiro atoms. The maximum absolute atomic E-state index is 13.9. The summed E-state index contributed by atoms with van der Waals surface area (Å²) in [5.41, 5.74) is 0.955. The average Bonchev–Trinajstić information content (AvgIpc) is 2.75. The van der Waals surface area contributed by atoms with Gasteiger partial charge in [-0.05, 0) is 23.6 Å². The van der Waals surface area contributed by atoms with Gasteiger partial charge in [0.25, 0.3) is 0 Å². The molecule has 3 rings (SSSR count). The maximum Gasteiger partial charge on any atom is 0.307 e. The van der Waals surface area contributed by atoms with Gasteiger partial charge in [0.2, 0.25) is 0 Å². The summed E-state index contributed by atoms with van der Waals surface area (Å²) in [6.07, 6.45) is 0.0865. The molecule has 3 nitrogen and oxygen atoms in total. The van der Waals surface area contributed by atoms with Crippen molar-refractivity contribution < 1.29 is 22.7 Å². The lowest BCUT2D eigenvalue weighted by Crippen LogP contribution is -2.35. The highest BCUT2D eigenvalue weighted by Crippen LogP contribution is 2.22. The van der Waals surface area contributed by atoms with Crippen LogP contribution in [-0.4, -0.2) is 18.6 Å². The van der Waals surface area contributed by atoms with Crippen LogP contribution in [0.2, 0.25) is 0 Å². The van der Waals surface area contributed by atoms with Crippen LogP contribution in [0.1, 0.15) is 23.6 Å². The monoisotopic (exact) mass is 335 g/mol. The number of rotatable bonds is 3. The second-order valence-electron chi connectivity index (χ2n) is 5.78. The van der Waals surface area contributed by atoms with Crippen molar-refractivity contribution in [2.45, 2.75) is 24.9 Å². The largest absolute Gasteiger partial charge is 0.464 e. The van der Waals surface area contributed by atoms with Gasteiger partial charge in [0, 0.05) is 12.1 Å². The summed E-state index contributed by atoms with van der Waals surface area (Å²) in [6, 6.07) is 10.1. The minimum absolute atomic E-state index is 0.0212. The van der Waals surface area contributed by atoms with Gasteiger partial charge in [-0.25, -0.2) is 13.2 Å². The Hall–Kier alpha value is -2.34. The van der Waals surface area contributed by atoms with Gasteiger partial charge in [0.1, 0.15) is 12.4 Å². The molecule has 24 heavy (non-hydrogen) atoms. The number of carbonyl (C=O) groups is 1. The summed E-state index contributed by atoms with van der Waals surface area (Å²) >= 11 is 0. The zero-order chi connectivity index (χ0) is 17.1. The molecular formula is C18H16F3NO2. The van der Waals surface area contributed by atoms with Crippen molar-refractivity contribution in [2.24, 2.45) is 0 Å². The molecule has 0 unspecified atom stereocenters. The number of ether oxygens (including phenoxy) is 1. The van der Waals surface area contributed by atoms with Gasteiger partial charge in [-0.2, -0.15) is 0 Å². The fraction of sp³-hybridized carbons (Fsp3) is 0.278. The Morgan fingerprint density at radius 1 is 1.04 bits per heavy atom. The number of halogens is 3. The van der Waals surface area contributed by atoms with Crippen molar-refractivity contribution >= 4 is 5.97 Å². The van der Waals surface area contributed by atoms with E-state index in [1.165, 1.54) is 0 Å². The van der Waals surface area contributed by atoms with Crippen LogP contribution in [0.15, 0.2) is 42.5 Å². The highest BCUT2D eigenvalue weighted by Gasteiger charge is 2.26. The van der Waals surface area contributed by atoms with E-state index in [9.17, 15) is 18.0 Å². The van der Waals surface area contributed by atoms with E-state index in [1.807, 2.05) is 30.3 Å². The lowest BCUT2D eigenvalue weighted by Gasteiger charge is -2.21. The van der Waals surface area contributed by atoms with E-state index in [2.05, 4.69) is 5.32 Å². The van der Waals surface area contributed by atoms with Crippen molar-refractivity contribution in [3.05, 3.63) is 71.0 Å². The van der Waals surface area contributed by atoms with Gasteiger partial charge in [-0.1, -0.05) is 30.3 Å². The van der Waals surface area contributed by atoms with E-state index in [4.69, 9.17) is 4.74 Å². The normalized spacial score (nSPS) is 21.2. The molecule has 0 aliphatic carbocycles. The Morgan fingerprint density at radius 3 is 2.50 bits per heavy atom. The Bertz CT molecular complexity index is 737. The molecule has 1 N–H and O–H groups in total. The molecule has 2 atom stereocenters. The van der Waals surface area contributed by atoms with Gasteiger partial charge in [-0.3, -0.25) is 4.79 Å². The highest BCUT2D eigenvalue weighted by molar-refractivity contribution is 5.70. The Kier molecular flexibility index (Phi) is 4.85. The van der Waals surface area contributed by atoms with Gasteiger partial charge in [0.05, 0.1) is 12.5 Å². The second kappa shape index (κ2) is 7.05. The first-order valence-corrected chi connectivity index (χ1v) is 7.63. The standard InChI is InChI=1S/C18H16F3NO2/c19-14-9-16(21)15(20)7-12(14)6-13-8-18(23)24-10-17(22-13)11-4-2-1-3-5-11/h1-5,7,9,13,17,22H,6,8,10H2/t13-,17-/m1/s1. The number of benzene rings is 2. The first-order valence-electron chi connectivity index (χ1n) is 7.63. The summed E-state index contributed by atoms with van der Waals surface area (Å²) in [4.78, 5) is 11.8. The van der Waals surface area contributed by atoms with Crippen LogP contribution in [-0.2, 0) is 16.0 Å². The predicted octanol–water partition coefficient (Wildman–Crippen LogP) is 3.29. The molecule has 0 bridgehead atoms. The third-order valence-corrected chi connectivity index (χ3v) is 4.02. The highest BCUT2D eigenvalue weighted by atomic mass is 19.2. The van der Waals surface area contributed by atoms with Crippen molar-refractivity contribution in [1.29, 1.82) is 0 Å². The summed E-state index contributed by atoms with van der Waals surface area (Å²) in [5.74, 6) is -3.58. The summed E-state index contributed by atoms with van der Waals surface area (Å²) in [7, 11) is 0. The van der Waals surface area contributed by atoms with Crippen LogP contribution in [0.3, 0.4) is 0 Å². The van der Waals surface area contributed by atoms with E-state index in [1.54, 1.807) is 0 Å². The fourth-order valence-electron chi connectivity index (χ4n) is 2.82. The average molecular weight is 335 g/mol. The summed E-state index contributed by atoms with van der Waals surface area (Å²) in [5, 5.41) is 3.24. The van der Waals surface area contributed by atoms with Crippen molar-refractivity contribution in [2.75, 3.05) is 6.61 Å². The van der Waals surface area contributed by atoms with Crippen LogP contribution in [0.5, 0.6) is 0 Å². The molecule has 1 aliphatic rings. The topological polar surface area (TPSA) is 38.3 Å². The van der Waals surface area contributed by atoms with Crippen molar-refractivity contribution in [3.63, 3.8) is 0 Å². The van der Waals surface area contributed by atoms with Gasteiger partial charge < -0.3 is 10.1 Å². The molecule has 0 aromatic heterocycles. The molecule has 2 aromatic rings. The van der Waals surface area contributed by atoms with Crippen LogP contribution in [0.4, 0.5) is 13.2 Å². The first kappa shape index (κ1) is 16.5. The van der Waals surface area contributed by atoms with E-state index in [0.717, 1.165) is 11.6 Å². The fourth-order valence-corrected chi connectivity index (χ4v) is 2.82. The summed E-state index contributed by atoms with van der Waals surface area (Å²) < 4.78 is 45.4. The third-order valence-electron chi connectivity index (χ3n) is 4.02. The Balaban J connectivity index is 1.81. The third kappa shape index (κ3) is 3.76. The van der Waals surface area contributed by atoms with E-state index in [0.29, 0.717) is 6.07 Å². The Labute approximate surface area is 137 Å². The molecule has 0 radical (unpaired) electrons. The number of carbonyl (C=O) groups excluding carboxylic acids is 1. The van der Waals surface area contributed by atoms with E-state index < -0.39 is 29.5 Å². The molecule has 1 fully saturated rings. The lowest BCUT2D eigenvalue weighted by atomic mass is 10.0. The van der Waals surface area contributed by atoms with Crippen LogP contribution in [0.25, 0.3) is 0 Å². The minimum atomic E-state index is -1.23. The first-order chi connectivity index (χ1) is 11.5. The molecule has 0 saturated carbocycles. The molecule has 126 valence electrons. The molecule has 0 amide bonds. The quantitative estimate of drug-likeness (QED) is 0.691. The number of hydrogen-bond donors (Lipinski definition) is 1. The summed E-state index contributed by atoms with van der Waals surface area (Å²) in [6.45, 7) is 0.166. The SMILES string of the molecule is O=C1C[C@@H](Cc2cc(F)c(F)cc2F)N[C@@H](c2ccccc2)CO1. The molecule has 1 saturated heterocycles. The maximum atomic E-state index is 13.9. The predicted molar refractivity (Wildman–Crippen MR) is 81.7 cm³/mol. The molecule has 2 aromatic carbocycles. The molecule has 6 heteroatoms. The van der Waals surface area contributed by atoms with Crippen LogP contribution in [0, 0.1) is 17.5 Å². The van der Waals surface area contributed by atoms with Crippen molar-refractivity contribution in [1.82, 2.24) is 5.32 Å². The van der Waals surface area contributed by atoms with E-state index in [-0.39, 0.29) is 31.1 Å². The molecular weight excluding hydrogens is 319 g/mol. The van der Waals surface area contributed by atoms with E-state index >= 15 is 0 Å². The van der Waals surface area contributed by atoms with Crippen molar-refractivity contribution in [3.8, 4) is 0 Å². The number of hydrogen-bond acceptors (Lipinski definition) is 3. The zero-order valence-corrected chi connectivity index (χ0v) is 12.8. The number of esters is 1. The smallest absolute Gasteiger partial charge is 0.307 e.